The number of benzene rings is 2. The van der Waals surface area contributed by atoms with Crippen molar-refractivity contribution in [2.24, 2.45) is 0 Å². The van der Waals surface area contributed by atoms with Crippen LogP contribution in [0.1, 0.15) is 15.9 Å². The molecule has 0 radical (unpaired) electrons. The van der Waals surface area contributed by atoms with Gasteiger partial charge in [-0.15, -0.1) is 0 Å². The average molecular weight is 330 g/mol. The molecule has 2 N–H and O–H groups in total. The summed E-state index contributed by atoms with van der Waals surface area (Å²) < 4.78 is 17.4. The summed E-state index contributed by atoms with van der Waals surface area (Å²) in [5.41, 5.74) is 2.03. The summed E-state index contributed by atoms with van der Waals surface area (Å²) >= 11 is 0. The third kappa shape index (κ3) is 5.48. The van der Waals surface area contributed by atoms with Gasteiger partial charge in [0, 0.05) is 5.69 Å². The van der Waals surface area contributed by atoms with E-state index in [1.54, 1.807) is 36.4 Å². The minimum atomic E-state index is -0.421. The lowest BCUT2D eigenvalue weighted by Crippen LogP contribution is -2.29. The van der Waals surface area contributed by atoms with E-state index in [4.69, 9.17) is 0 Å². The van der Waals surface area contributed by atoms with Gasteiger partial charge in [0.15, 0.2) is 0 Å². The maximum atomic E-state index is 12.8. The van der Waals surface area contributed by atoms with Crippen molar-refractivity contribution in [2.75, 3.05) is 25.5 Å². The van der Waals surface area contributed by atoms with Crippen LogP contribution in [-0.4, -0.2) is 32.1 Å². The van der Waals surface area contributed by atoms with Gasteiger partial charge in [0.25, 0.3) is 0 Å². The minimum absolute atomic E-state index is 0.167. The van der Waals surface area contributed by atoms with Crippen molar-refractivity contribution in [3.63, 3.8) is 0 Å². The second-order valence-corrected chi connectivity index (χ2v) is 5.17. The lowest BCUT2D eigenvalue weighted by molar-refractivity contribution is -0.115. The van der Waals surface area contributed by atoms with Crippen LogP contribution >= 0.6 is 0 Å². The number of esters is 1. The van der Waals surface area contributed by atoms with Crippen LogP contribution in [0, 0.1) is 5.82 Å². The SMILES string of the molecule is COC(=O)c1ccc(NC(=O)CNCCc2ccc(F)cc2)cc1. The summed E-state index contributed by atoms with van der Waals surface area (Å²) in [6.45, 7) is 0.778. The van der Waals surface area contributed by atoms with Gasteiger partial charge < -0.3 is 15.4 Å². The first-order chi connectivity index (χ1) is 11.6. The molecule has 2 aromatic rings. The number of nitrogens with one attached hydrogen (secondary N) is 2. The molecular formula is C18H19FN2O3. The van der Waals surface area contributed by atoms with E-state index in [1.807, 2.05) is 0 Å². The zero-order valence-electron chi connectivity index (χ0n) is 13.3. The molecule has 0 saturated carbocycles. The van der Waals surface area contributed by atoms with E-state index in [9.17, 15) is 14.0 Å². The van der Waals surface area contributed by atoms with Crippen LogP contribution in [0.4, 0.5) is 10.1 Å². The number of hydrogen-bond acceptors (Lipinski definition) is 4. The first-order valence-corrected chi connectivity index (χ1v) is 7.52. The van der Waals surface area contributed by atoms with Crippen molar-refractivity contribution in [2.45, 2.75) is 6.42 Å². The summed E-state index contributed by atoms with van der Waals surface area (Å²) in [7, 11) is 1.32. The van der Waals surface area contributed by atoms with Crippen LogP contribution in [0.2, 0.25) is 0 Å². The normalized spacial score (nSPS) is 10.2. The predicted octanol–water partition coefficient (Wildman–Crippen LogP) is 2.38. The molecule has 0 atom stereocenters. The molecule has 0 aliphatic carbocycles. The van der Waals surface area contributed by atoms with Gasteiger partial charge in [-0.25, -0.2) is 9.18 Å². The highest BCUT2D eigenvalue weighted by Gasteiger charge is 2.06. The van der Waals surface area contributed by atoms with Gasteiger partial charge in [0.05, 0.1) is 19.2 Å². The average Bonchev–Trinajstić information content (AvgIpc) is 2.60. The number of hydrogen-bond donors (Lipinski definition) is 2. The van der Waals surface area contributed by atoms with Gasteiger partial charge in [-0.2, -0.15) is 0 Å². The second-order valence-electron chi connectivity index (χ2n) is 5.17. The number of amides is 1. The number of methoxy groups -OCH3 is 1. The van der Waals surface area contributed by atoms with Crippen molar-refractivity contribution in [3.8, 4) is 0 Å². The standard InChI is InChI=1S/C18H19FN2O3/c1-24-18(23)14-4-8-16(9-5-14)21-17(22)12-20-11-10-13-2-6-15(19)7-3-13/h2-9,20H,10-12H2,1H3,(H,21,22). The predicted molar refractivity (Wildman–Crippen MR) is 89.4 cm³/mol. The largest absolute Gasteiger partial charge is 0.465 e. The maximum Gasteiger partial charge on any atom is 0.337 e. The van der Waals surface area contributed by atoms with E-state index in [1.165, 1.54) is 19.2 Å². The highest BCUT2D eigenvalue weighted by Crippen LogP contribution is 2.10. The van der Waals surface area contributed by atoms with Gasteiger partial charge in [-0.3, -0.25) is 4.79 Å². The second kappa shape index (κ2) is 8.79. The summed E-state index contributed by atoms with van der Waals surface area (Å²) in [4.78, 5) is 23.1. The molecule has 2 rings (SSSR count). The molecule has 24 heavy (non-hydrogen) atoms. The molecular weight excluding hydrogens is 311 g/mol. The van der Waals surface area contributed by atoms with Crippen molar-refractivity contribution < 1.29 is 18.7 Å². The van der Waals surface area contributed by atoms with E-state index in [2.05, 4.69) is 15.4 Å². The van der Waals surface area contributed by atoms with E-state index < -0.39 is 5.97 Å². The molecule has 1 amide bonds. The fourth-order valence-electron chi connectivity index (χ4n) is 2.10. The number of ether oxygens (including phenoxy) is 1. The van der Waals surface area contributed by atoms with E-state index in [0.717, 1.165) is 5.56 Å². The van der Waals surface area contributed by atoms with Crippen molar-refractivity contribution in [1.82, 2.24) is 5.32 Å². The Labute approximate surface area is 139 Å². The van der Waals surface area contributed by atoms with Crippen LogP contribution in [0.3, 0.4) is 0 Å². The molecule has 5 nitrogen and oxygen atoms in total. The molecule has 2 aromatic carbocycles. The van der Waals surface area contributed by atoms with E-state index in [0.29, 0.717) is 24.2 Å². The van der Waals surface area contributed by atoms with Gasteiger partial charge in [0.2, 0.25) is 5.91 Å². The first-order valence-electron chi connectivity index (χ1n) is 7.52. The number of carbonyl (C=O) groups is 2. The molecule has 0 saturated heterocycles. The van der Waals surface area contributed by atoms with Crippen LogP contribution in [-0.2, 0) is 16.0 Å². The molecule has 0 spiro atoms. The Hall–Kier alpha value is -2.73. The molecule has 0 aliphatic rings. The number of rotatable bonds is 7. The van der Waals surface area contributed by atoms with E-state index in [-0.39, 0.29) is 18.3 Å². The molecule has 0 aromatic heterocycles. The Morgan fingerprint density at radius 3 is 2.33 bits per heavy atom. The molecule has 6 heteroatoms. The highest BCUT2D eigenvalue weighted by molar-refractivity contribution is 5.93. The Kier molecular flexibility index (Phi) is 6.45. The van der Waals surface area contributed by atoms with Crippen LogP contribution < -0.4 is 10.6 Å². The Balaban J connectivity index is 1.71. The number of anilines is 1. The summed E-state index contributed by atoms with van der Waals surface area (Å²) in [5.74, 6) is -0.862. The minimum Gasteiger partial charge on any atom is -0.465 e. The quantitative estimate of drug-likeness (QED) is 0.604. The van der Waals surface area contributed by atoms with Gasteiger partial charge in [0.1, 0.15) is 5.82 Å². The van der Waals surface area contributed by atoms with E-state index >= 15 is 0 Å². The Morgan fingerprint density at radius 2 is 1.71 bits per heavy atom. The number of halogens is 1. The third-order valence-electron chi connectivity index (χ3n) is 3.38. The topological polar surface area (TPSA) is 67.4 Å². The zero-order chi connectivity index (χ0) is 17.4. The Bertz CT molecular complexity index is 684. The zero-order valence-corrected chi connectivity index (χ0v) is 13.3. The fourth-order valence-corrected chi connectivity index (χ4v) is 2.10. The molecule has 0 aliphatic heterocycles. The molecule has 126 valence electrons. The van der Waals surface area contributed by atoms with Crippen molar-refractivity contribution in [1.29, 1.82) is 0 Å². The third-order valence-corrected chi connectivity index (χ3v) is 3.38. The van der Waals surface area contributed by atoms with Gasteiger partial charge in [-0.05, 0) is 54.9 Å². The van der Waals surface area contributed by atoms with Crippen LogP contribution in [0.15, 0.2) is 48.5 Å². The van der Waals surface area contributed by atoms with Gasteiger partial charge in [-0.1, -0.05) is 12.1 Å². The lowest BCUT2D eigenvalue weighted by Gasteiger charge is -2.07. The molecule has 0 bridgehead atoms. The highest BCUT2D eigenvalue weighted by atomic mass is 19.1. The smallest absolute Gasteiger partial charge is 0.337 e. The maximum absolute atomic E-state index is 12.8. The van der Waals surface area contributed by atoms with Crippen LogP contribution in [0.25, 0.3) is 0 Å². The monoisotopic (exact) mass is 330 g/mol. The fraction of sp³-hybridized carbons (Fsp3) is 0.222. The van der Waals surface area contributed by atoms with Crippen molar-refractivity contribution >= 4 is 17.6 Å². The lowest BCUT2D eigenvalue weighted by atomic mass is 10.1. The Morgan fingerprint density at radius 1 is 1.04 bits per heavy atom. The summed E-state index contributed by atoms with van der Waals surface area (Å²) in [6, 6.07) is 12.7. The number of carbonyl (C=O) groups excluding carboxylic acids is 2. The first kappa shape index (κ1) is 17.6. The van der Waals surface area contributed by atoms with Crippen LogP contribution in [0.5, 0.6) is 0 Å². The van der Waals surface area contributed by atoms with Gasteiger partial charge >= 0.3 is 5.97 Å². The molecule has 0 unspecified atom stereocenters. The summed E-state index contributed by atoms with van der Waals surface area (Å²) in [5, 5.41) is 5.76. The molecule has 0 heterocycles. The summed E-state index contributed by atoms with van der Waals surface area (Å²) in [6.07, 6.45) is 0.710. The van der Waals surface area contributed by atoms with Crippen molar-refractivity contribution in [3.05, 3.63) is 65.5 Å². The molecule has 0 fully saturated rings.